The quantitative estimate of drug-likeness (QED) is 0.317. The standard InChI is InChI=1S/C19H14Cl2N4O5S/c1-11-3-2-4-12(7-11)10-31(29,30)19-22-9-15(21)17(24-19)18(26)23-16-6-5-13(25(27)28)8-14(16)20/h2-9H,10H2,1H3,(H,23,26). The SMILES string of the molecule is Cc1cccc(CS(=O)(=O)c2ncc(Cl)c(C(=O)Nc3ccc([N+](=O)[O-])cc3Cl)n2)c1. The zero-order valence-corrected chi connectivity index (χ0v) is 18.2. The fourth-order valence-corrected chi connectivity index (χ4v) is 4.24. The number of nitrogens with one attached hydrogen (secondary N) is 1. The van der Waals surface area contributed by atoms with Crippen LogP contribution in [-0.2, 0) is 15.6 Å². The van der Waals surface area contributed by atoms with Gasteiger partial charge in [0.05, 0.1) is 32.6 Å². The Labute approximate surface area is 187 Å². The summed E-state index contributed by atoms with van der Waals surface area (Å²) in [7, 11) is -3.96. The van der Waals surface area contributed by atoms with E-state index in [9.17, 15) is 23.3 Å². The number of nitro groups is 1. The zero-order valence-electron chi connectivity index (χ0n) is 15.9. The second-order valence-electron chi connectivity index (χ2n) is 6.47. The number of aryl methyl sites for hydroxylation is 1. The average Bonchev–Trinajstić information content (AvgIpc) is 2.69. The lowest BCUT2D eigenvalue weighted by Crippen LogP contribution is -2.18. The summed E-state index contributed by atoms with van der Waals surface area (Å²) in [4.78, 5) is 30.4. The van der Waals surface area contributed by atoms with E-state index < -0.39 is 25.8 Å². The molecule has 0 fully saturated rings. The van der Waals surface area contributed by atoms with Crippen molar-refractivity contribution in [1.82, 2.24) is 9.97 Å². The summed E-state index contributed by atoms with van der Waals surface area (Å²) < 4.78 is 25.5. The molecule has 9 nitrogen and oxygen atoms in total. The lowest BCUT2D eigenvalue weighted by atomic mass is 10.2. The molecule has 1 aromatic heterocycles. The number of aromatic nitrogens is 2. The highest BCUT2D eigenvalue weighted by Crippen LogP contribution is 2.27. The maximum atomic E-state index is 12.7. The van der Waals surface area contributed by atoms with Crippen LogP contribution in [0.15, 0.2) is 53.8 Å². The topological polar surface area (TPSA) is 132 Å². The largest absolute Gasteiger partial charge is 0.319 e. The Kier molecular flexibility index (Phi) is 6.54. The summed E-state index contributed by atoms with van der Waals surface area (Å²) in [6, 6.07) is 10.4. The number of benzene rings is 2. The van der Waals surface area contributed by atoms with Crippen LogP contribution in [0.5, 0.6) is 0 Å². The predicted octanol–water partition coefficient (Wildman–Crippen LogP) is 4.23. The molecule has 2 aromatic carbocycles. The van der Waals surface area contributed by atoms with Gasteiger partial charge in [0.15, 0.2) is 5.69 Å². The molecule has 0 bridgehead atoms. The van der Waals surface area contributed by atoms with Crippen LogP contribution in [0.4, 0.5) is 11.4 Å². The summed E-state index contributed by atoms with van der Waals surface area (Å²) in [6.45, 7) is 1.83. The predicted molar refractivity (Wildman–Crippen MR) is 115 cm³/mol. The van der Waals surface area contributed by atoms with Crippen molar-refractivity contribution in [2.75, 3.05) is 5.32 Å². The maximum Gasteiger partial charge on any atom is 0.276 e. The molecule has 0 spiro atoms. The van der Waals surface area contributed by atoms with Crippen LogP contribution in [0, 0.1) is 17.0 Å². The minimum atomic E-state index is -3.96. The number of carbonyl (C=O) groups excluding carboxylic acids is 1. The van der Waals surface area contributed by atoms with Crippen molar-refractivity contribution in [3.8, 4) is 0 Å². The number of carbonyl (C=O) groups is 1. The molecular formula is C19H14Cl2N4O5S. The molecule has 0 aliphatic carbocycles. The van der Waals surface area contributed by atoms with Crippen LogP contribution in [0.3, 0.4) is 0 Å². The third-order valence-electron chi connectivity index (χ3n) is 4.07. The van der Waals surface area contributed by atoms with Gasteiger partial charge in [0, 0.05) is 12.1 Å². The summed E-state index contributed by atoms with van der Waals surface area (Å²) in [6.07, 6.45) is 1.02. The molecule has 1 amide bonds. The number of hydrogen-bond acceptors (Lipinski definition) is 7. The number of nitro benzene ring substituents is 1. The van der Waals surface area contributed by atoms with Crippen LogP contribution >= 0.6 is 23.2 Å². The maximum absolute atomic E-state index is 12.7. The number of amides is 1. The molecule has 12 heteroatoms. The van der Waals surface area contributed by atoms with Crippen molar-refractivity contribution in [1.29, 1.82) is 0 Å². The van der Waals surface area contributed by atoms with Crippen LogP contribution in [-0.4, -0.2) is 29.2 Å². The second kappa shape index (κ2) is 8.96. The van der Waals surface area contributed by atoms with Gasteiger partial charge in [-0.05, 0) is 18.6 Å². The zero-order chi connectivity index (χ0) is 22.8. The van der Waals surface area contributed by atoms with Crippen LogP contribution in [0.25, 0.3) is 0 Å². The highest BCUT2D eigenvalue weighted by molar-refractivity contribution is 7.90. The van der Waals surface area contributed by atoms with Crippen molar-refractivity contribution >= 4 is 50.3 Å². The normalized spacial score (nSPS) is 11.2. The Bertz CT molecular complexity index is 1300. The van der Waals surface area contributed by atoms with Gasteiger partial charge in [-0.1, -0.05) is 53.0 Å². The van der Waals surface area contributed by atoms with Crippen molar-refractivity contribution in [2.24, 2.45) is 0 Å². The smallest absolute Gasteiger partial charge is 0.276 e. The van der Waals surface area contributed by atoms with Gasteiger partial charge in [-0.3, -0.25) is 14.9 Å². The van der Waals surface area contributed by atoms with Crippen LogP contribution in [0.2, 0.25) is 10.0 Å². The third kappa shape index (κ3) is 5.35. The molecule has 0 radical (unpaired) electrons. The highest BCUT2D eigenvalue weighted by Gasteiger charge is 2.23. The van der Waals surface area contributed by atoms with E-state index >= 15 is 0 Å². The Morgan fingerprint density at radius 1 is 1.16 bits per heavy atom. The van der Waals surface area contributed by atoms with E-state index in [1.807, 2.05) is 13.0 Å². The Hall–Kier alpha value is -3.08. The van der Waals surface area contributed by atoms with Crippen molar-refractivity contribution in [2.45, 2.75) is 17.8 Å². The van der Waals surface area contributed by atoms with Gasteiger partial charge < -0.3 is 5.32 Å². The van der Waals surface area contributed by atoms with Crippen molar-refractivity contribution < 1.29 is 18.1 Å². The minimum absolute atomic E-state index is 0.0658. The van der Waals surface area contributed by atoms with Crippen LogP contribution in [0.1, 0.15) is 21.6 Å². The molecule has 1 N–H and O–H groups in total. The van der Waals surface area contributed by atoms with Gasteiger partial charge in [0.25, 0.3) is 11.6 Å². The van der Waals surface area contributed by atoms with Gasteiger partial charge in [0.2, 0.25) is 15.0 Å². The summed E-state index contributed by atoms with van der Waals surface area (Å²) in [5.74, 6) is -1.21. The van der Waals surface area contributed by atoms with E-state index in [-0.39, 0.29) is 32.9 Å². The van der Waals surface area contributed by atoms with Gasteiger partial charge in [-0.2, -0.15) is 0 Å². The summed E-state index contributed by atoms with van der Waals surface area (Å²) in [5, 5.41) is 12.4. The molecule has 1 heterocycles. The molecule has 0 unspecified atom stereocenters. The fourth-order valence-electron chi connectivity index (χ4n) is 2.65. The lowest BCUT2D eigenvalue weighted by Gasteiger charge is -2.09. The molecule has 0 saturated heterocycles. The molecule has 3 aromatic rings. The van der Waals surface area contributed by atoms with Crippen LogP contribution < -0.4 is 5.32 Å². The molecule has 0 saturated carbocycles. The second-order valence-corrected chi connectivity index (χ2v) is 9.17. The number of halogens is 2. The molecule has 3 rings (SSSR count). The molecule has 160 valence electrons. The van der Waals surface area contributed by atoms with E-state index in [2.05, 4.69) is 15.3 Å². The molecule has 0 aliphatic heterocycles. The molecule has 0 atom stereocenters. The summed E-state index contributed by atoms with van der Waals surface area (Å²) in [5.41, 5.74) is 0.865. The van der Waals surface area contributed by atoms with E-state index in [0.29, 0.717) is 5.56 Å². The minimum Gasteiger partial charge on any atom is -0.319 e. The first kappa shape index (κ1) is 22.6. The van der Waals surface area contributed by atoms with Crippen molar-refractivity contribution in [3.63, 3.8) is 0 Å². The van der Waals surface area contributed by atoms with Gasteiger partial charge in [-0.25, -0.2) is 18.4 Å². The first-order valence-corrected chi connectivity index (χ1v) is 11.0. The van der Waals surface area contributed by atoms with Gasteiger partial charge in [0.1, 0.15) is 0 Å². The number of rotatable bonds is 6. The number of nitrogens with zero attached hydrogens (tertiary/aromatic N) is 3. The Morgan fingerprint density at radius 3 is 2.55 bits per heavy atom. The number of anilines is 1. The monoisotopic (exact) mass is 480 g/mol. The average molecular weight is 481 g/mol. The highest BCUT2D eigenvalue weighted by atomic mass is 35.5. The molecule has 0 aliphatic rings. The Balaban J connectivity index is 1.88. The molecule has 31 heavy (non-hydrogen) atoms. The van der Waals surface area contributed by atoms with Gasteiger partial charge in [-0.15, -0.1) is 0 Å². The van der Waals surface area contributed by atoms with E-state index in [1.54, 1.807) is 18.2 Å². The number of hydrogen-bond donors (Lipinski definition) is 1. The first-order chi connectivity index (χ1) is 14.6. The lowest BCUT2D eigenvalue weighted by molar-refractivity contribution is -0.384. The van der Waals surface area contributed by atoms with E-state index in [1.165, 1.54) is 6.07 Å². The molecular weight excluding hydrogens is 467 g/mol. The Morgan fingerprint density at radius 2 is 1.90 bits per heavy atom. The number of sulfone groups is 1. The number of non-ortho nitro benzene ring substituents is 1. The van der Waals surface area contributed by atoms with E-state index in [0.717, 1.165) is 23.9 Å². The van der Waals surface area contributed by atoms with Crippen molar-refractivity contribution in [3.05, 3.63) is 85.6 Å². The third-order valence-corrected chi connectivity index (χ3v) is 6.12. The van der Waals surface area contributed by atoms with Gasteiger partial charge >= 0.3 is 0 Å². The van der Waals surface area contributed by atoms with E-state index in [4.69, 9.17) is 23.2 Å². The first-order valence-electron chi connectivity index (χ1n) is 8.63. The summed E-state index contributed by atoms with van der Waals surface area (Å²) >= 11 is 12.0. The fraction of sp³-hybridized carbons (Fsp3) is 0.105.